The van der Waals surface area contributed by atoms with Crippen LogP contribution in [0.1, 0.15) is 6.92 Å². The van der Waals surface area contributed by atoms with Crippen LogP contribution in [0.2, 0.25) is 0 Å². The van der Waals surface area contributed by atoms with E-state index in [0.29, 0.717) is 5.75 Å². The molecule has 0 bridgehead atoms. The van der Waals surface area contributed by atoms with Gasteiger partial charge in [0.1, 0.15) is 24.1 Å². The van der Waals surface area contributed by atoms with Crippen LogP contribution >= 0.6 is 0 Å². The SMILES string of the molecule is C[C@@H]1O[C@H](Oc2ccc3ccccc3c2)[C@@H](O)[C@H](O)[C@@H]1O. The molecule has 5 heteroatoms. The number of hydrogen-bond acceptors (Lipinski definition) is 5. The quantitative estimate of drug-likeness (QED) is 0.770. The van der Waals surface area contributed by atoms with Gasteiger partial charge in [-0.1, -0.05) is 30.3 Å². The van der Waals surface area contributed by atoms with Gasteiger partial charge in [0.25, 0.3) is 0 Å². The molecule has 1 heterocycles. The molecule has 0 saturated carbocycles. The Hall–Kier alpha value is -1.66. The lowest BCUT2D eigenvalue weighted by Crippen LogP contribution is -2.58. The standard InChI is InChI=1S/C16H18O5/c1-9-13(17)14(18)15(19)16(20-9)21-12-7-6-10-4-2-3-5-11(10)8-12/h2-9,13-19H,1H3/t9-,13+,14+,15-,16+/m0/s1. The first-order chi connectivity index (χ1) is 10.1. The lowest BCUT2D eigenvalue weighted by molar-refractivity contribution is -0.268. The summed E-state index contributed by atoms with van der Waals surface area (Å²) in [4.78, 5) is 0. The molecular formula is C16H18O5. The first-order valence-corrected chi connectivity index (χ1v) is 6.91. The molecule has 3 N–H and O–H groups in total. The van der Waals surface area contributed by atoms with E-state index in [1.807, 2.05) is 36.4 Å². The van der Waals surface area contributed by atoms with E-state index in [1.165, 1.54) is 0 Å². The predicted molar refractivity (Wildman–Crippen MR) is 76.9 cm³/mol. The highest BCUT2D eigenvalue weighted by Gasteiger charge is 2.43. The molecule has 1 saturated heterocycles. The van der Waals surface area contributed by atoms with E-state index in [9.17, 15) is 15.3 Å². The number of ether oxygens (including phenoxy) is 2. The molecule has 0 radical (unpaired) electrons. The summed E-state index contributed by atoms with van der Waals surface area (Å²) in [5.74, 6) is 0.536. The molecule has 21 heavy (non-hydrogen) atoms. The molecule has 0 unspecified atom stereocenters. The van der Waals surface area contributed by atoms with Crippen molar-refractivity contribution in [2.45, 2.75) is 37.6 Å². The van der Waals surface area contributed by atoms with Crippen LogP contribution in [0, 0.1) is 0 Å². The van der Waals surface area contributed by atoms with E-state index in [0.717, 1.165) is 10.8 Å². The van der Waals surface area contributed by atoms with E-state index in [2.05, 4.69) is 0 Å². The van der Waals surface area contributed by atoms with E-state index < -0.39 is 30.7 Å². The normalized spacial score (nSPS) is 33.0. The smallest absolute Gasteiger partial charge is 0.229 e. The van der Waals surface area contributed by atoms with Crippen LogP contribution in [0.15, 0.2) is 42.5 Å². The maximum absolute atomic E-state index is 9.94. The topological polar surface area (TPSA) is 79.2 Å². The summed E-state index contributed by atoms with van der Waals surface area (Å²) in [7, 11) is 0. The minimum atomic E-state index is -1.30. The zero-order valence-electron chi connectivity index (χ0n) is 11.6. The second kappa shape index (κ2) is 5.61. The van der Waals surface area contributed by atoms with Gasteiger partial charge in [-0.15, -0.1) is 0 Å². The van der Waals surface area contributed by atoms with Gasteiger partial charge in [0.2, 0.25) is 6.29 Å². The molecule has 1 fully saturated rings. The highest BCUT2D eigenvalue weighted by Crippen LogP contribution is 2.26. The van der Waals surface area contributed by atoms with Gasteiger partial charge >= 0.3 is 0 Å². The van der Waals surface area contributed by atoms with Gasteiger partial charge in [0.05, 0.1) is 6.10 Å². The summed E-state index contributed by atoms with van der Waals surface area (Å²) < 4.78 is 11.0. The summed E-state index contributed by atoms with van der Waals surface area (Å²) >= 11 is 0. The highest BCUT2D eigenvalue weighted by atomic mass is 16.7. The van der Waals surface area contributed by atoms with Crippen molar-refractivity contribution >= 4 is 10.8 Å². The zero-order chi connectivity index (χ0) is 15.0. The largest absolute Gasteiger partial charge is 0.462 e. The Morgan fingerprint density at radius 2 is 1.62 bits per heavy atom. The first-order valence-electron chi connectivity index (χ1n) is 6.91. The minimum Gasteiger partial charge on any atom is -0.462 e. The third-order valence-corrected chi connectivity index (χ3v) is 3.78. The predicted octanol–water partition coefficient (Wildman–Crippen LogP) is 1.05. The maximum atomic E-state index is 9.94. The summed E-state index contributed by atoms with van der Waals surface area (Å²) in [6.07, 6.45) is -5.35. The Morgan fingerprint density at radius 3 is 2.38 bits per heavy atom. The summed E-state index contributed by atoms with van der Waals surface area (Å²) in [5, 5.41) is 31.5. The Balaban J connectivity index is 1.81. The molecular weight excluding hydrogens is 272 g/mol. The molecule has 0 aromatic heterocycles. The lowest BCUT2D eigenvalue weighted by Gasteiger charge is -2.38. The summed E-state index contributed by atoms with van der Waals surface area (Å²) in [5.41, 5.74) is 0. The number of hydrogen-bond donors (Lipinski definition) is 3. The summed E-state index contributed by atoms with van der Waals surface area (Å²) in [6, 6.07) is 13.4. The van der Waals surface area contributed by atoms with E-state index >= 15 is 0 Å². The summed E-state index contributed by atoms with van der Waals surface area (Å²) in [6.45, 7) is 1.62. The van der Waals surface area contributed by atoms with Crippen LogP contribution < -0.4 is 4.74 Å². The van der Waals surface area contributed by atoms with Gasteiger partial charge in [0.15, 0.2) is 0 Å². The molecule has 5 nitrogen and oxygen atoms in total. The zero-order valence-corrected chi connectivity index (χ0v) is 11.6. The Kier molecular flexibility index (Phi) is 3.82. The second-order valence-electron chi connectivity index (χ2n) is 5.31. The number of aliphatic hydroxyl groups excluding tert-OH is 3. The van der Waals surface area contributed by atoms with Crippen molar-refractivity contribution < 1.29 is 24.8 Å². The number of aliphatic hydroxyl groups is 3. The van der Waals surface area contributed by atoms with E-state index in [-0.39, 0.29) is 0 Å². The monoisotopic (exact) mass is 290 g/mol. The minimum absolute atomic E-state index is 0.536. The van der Waals surface area contributed by atoms with Crippen LogP contribution in [0.4, 0.5) is 0 Å². The van der Waals surface area contributed by atoms with Gasteiger partial charge in [-0.25, -0.2) is 0 Å². The van der Waals surface area contributed by atoms with E-state index in [4.69, 9.17) is 9.47 Å². The number of fused-ring (bicyclic) bond motifs is 1. The van der Waals surface area contributed by atoms with Crippen molar-refractivity contribution in [1.82, 2.24) is 0 Å². The van der Waals surface area contributed by atoms with E-state index in [1.54, 1.807) is 13.0 Å². The van der Waals surface area contributed by atoms with Crippen LogP contribution in [0.5, 0.6) is 5.75 Å². The van der Waals surface area contributed by atoms with Gasteiger partial charge in [0, 0.05) is 0 Å². The fourth-order valence-corrected chi connectivity index (χ4v) is 2.49. The van der Waals surface area contributed by atoms with Crippen molar-refractivity contribution in [1.29, 1.82) is 0 Å². The second-order valence-corrected chi connectivity index (χ2v) is 5.31. The fraction of sp³-hybridized carbons (Fsp3) is 0.375. The fourth-order valence-electron chi connectivity index (χ4n) is 2.49. The molecule has 1 aliphatic rings. The van der Waals surface area contributed by atoms with Crippen molar-refractivity contribution in [2.24, 2.45) is 0 Å². The van der Waals surface area contributed by atoms with Gasteiger partial charge in [-0.3, -0.25) is 0 Å². The average Bonchev–Trinajstić information content (AvgIpc) is 2.50. The average molecular weight is 290 g/mol. The Bertz CT molecular complexity index is 629. The molecule has 0 amide bonds. The van der Waals surface area contributed by atoms with Crippen LogP contribution in [0.25, 0.3) is 10.8 Å². The molecule has 2 aromatic carbocycles. The molecule has 3 rings (SSSR count). The molecule has 112 valence electrons. The number of rotatable bonds is 2. The number of benzene rings is 2. The molecule has 1 aliphatic heterocycles. The molecule has 0 aliphatic carbocycles. The molecule has 0 spiro atoms. The van der Waals surface area contributed by atoms with Crippen molar-refractivity contribution in [3.63, 3.8) is 0 Å². The molecule has 2 aromatic rings. The van der Waals surface area contributed by atoms with Crippen molar-refractivity contribution in [3.8, 4) is 5.75 Å². The Morgan fingerprint density at radius 1 is 0.905 bits per heavy atom. The van der Waals surface area contributed by atoms with Gasteiger partial charge in [-0.2, -0.15) is 0 Å². The van der Waals surface area contributed by atoms with Crippen molar-refractivity contribution in [3.05, 3.63) is 42.5 Å². The maximum Gasteiger partial charge on any atom is 0.229 e. The third-order valence-electron chi connectivity index (χ3n) is 3.78. The lowest BCUT2D eigenvalue weighted by atomic mass is 10.00. The van der Waals surface area contributed by atoms with Gasteiger partial charge in [-0.05, 0) is 29.8 Å². The third kappa shape index (κ3) is 2.73. The molecule has 5 atom stereocenters. The highest BCUT2D eigenvalue weighted by molar-refractivity contribution is 5.83. The van der Waals surface area contributed by atoms with Crippen LogP contribution in [-0.4, -0.2) is 46.0 Å². The van der Waals surface area contributed by atoms with Crippen LogP contribution in [-0.2, 0) is 4.74 Å². The Labute approximate surface area is 122 Å². The van der Waals surface area contributed by atoms with Crippen molar-refractivity contribution in [2.75, 3.05) is 0 Å². The first kappa shape index (κ1) is 14.3. The van der Waals surface area contributed by atoms with Gasteiger partial charge < -0.3 is 24.8 Å². The van der Waals surface area contributed by atoms with Crippen LogP contribution in [0.3, 0.4) is 0 Å².